The first-order valence-corrected chi connectivity index (χ1v) is 11.8. The maximum Gasteiger partial charge on any atom is 0.300 e. The van der Waals surface area contributed by atoms with Crippen LogP contribution in [0.2, 0.25) is 5.02 Å². The highest BCUT2D eigenvalue weighted by molar-refractivity contribution is 6.51. The van der Waals surface area contributed by atoms with Gasteiger partial charge in [0.15, 0.2) is 11.5 Å². The summed E-state index contributed by atoms with van der Waals surface area (Å²) in [5.74, 6) is -1.73. The van der Waals surface area contributed by atoms with Crippen molar-refractivity contribution in [1.82, 2.24) is 0 Å². The zero-order chi connectivity index (χ0) is 25.3. The second-order valence-corrected chi connectivity index (χ2v) is 8.72. The van der Waals surface area contributed by atoms with E-state index in [0.717, 1.165) is 17.5 Å². The van der Waals surface area contributed by atoms with Crippen molar-refractivity contribution in [2.24, 2.45) is 0 Å². The zero-order valence-electron chi connectivity index (χ0n) is 19.7. The molecular formula is C28H26ClNO5. The first-order chi connectivity index (χ1) is 16.8. The van der Waals surface area contributed by atoms with E-state index >= 15 is 0 Å². The first-order valence-electron chi connectivity index (χ1n) is 11.4. The monoisotopic (exact) mass is 491 g/mol. The molecule has 4 rings (SSSR count). The van der Waals surface area contributed by atoms with Gasteiger partial charge in [-0.2, -0.15) is 0 Å². The maximum absolute atomic E-state index is 13.3. The van der Waals surface area contributed by atoms with E-state index in [0.29, 0.717) is 28.4 Å². The van der Waals surface area contributed by atoms with Crippen molar-refractivity contribution in [2.75, 3.05) is 11.5 Å². The first kappa shape index (κ1) is 24.4. The number of nitrogens with zero attached hydrogens (tertiary/aromatic N) is 1. The van der Waals surface area contributed by atoms with Crippen molar-refractivity contribution in [3.63, 3.8) is 0 Å². The highest BCUT2D eigenvalue weighted by atomic mass is 35.5. The minimum absolute atomic E-state index is 0.0518. The SMILES string of the molecule is CCOc1cc(C2/C(=C(\O)c3ccc(CC)cc3)C(=O)C(=O)N2c2ccc(C)c(Cl)c2)ccc1O. The molecule has 3 aromatic rings. The number of benzene rings is 3. The Morgan fingerprint density at radius 3 is 2.37 bits per heavy atom. The van der Waals surface area contributed by atoms with Crippen molar-refractivity contribution in [3.8, 4) is 11.5 Å². The predicted molar refractivity (Wildman–Crippen MR) is 136 cm³/mol. The van der Waals surface area contributed by atoms with Crippen LogP contribution in [0.1, 0.15) is 42.1 Å². The minimum atomic E-state index is -0.959. The largest absolute Gasteiger partial charge is 0.507 e. The molecule has 1 aliphatic rings. The van der Waals surface area contributed by atoms with Crippen molar-refractivity contribution >= 4 is 34.7 Å². The van der Waals surface area contributed by atoms with Gasteiger partial charge in [0.1, 0.15) is 5.76 Å². The Labute approximate surface area is 209 Å². The van der Waals surface area contributed by atoms with Gasteiger partial charge in [-0.05, 0) is 61.2 Å². The van der Waals surface area contributed by atoms with Crippen LogP contribution in [0.15, 0.2) is 66.2 Å². The lowest BCUT2D eigenvalue weighted by Crippen LogP contribution is -2.29. The molecule has 1 amide bonds. The van der Waals surface area contributed by atoms with Crippen LogP contribution in [-0.2, 0) is 16.0 Å². The van der Waals surface area contributed by atoms with Crippen molar-refractivity contribution in [3.05, 3.63) is 93.5 Å². The highest BCUT2D eigenvalue weighted by Gasteiger charge is 2.47. The Morgan fingerprint density at radius 1 is 1.03 bits per heavy atom. The molecule has 180 valence electrons. The average molecular weight is 492 g/mol. The number of phenols is 1. The van der Waals surface area contributed by atoms with E-state index in [4.69, 9.17) is 16.3 Å². The third-order valence-electron chi connectivity index (χ3n) is 6.11. The van der Waals surface area contributed by atoms with Gasteiger partial charge in [-0.1, -0.05) is 54.9 Å². The summed E-state index contributed by atoms with van der Waals surface area (Å²) in [7, 11) is 0. The molecule has 2 N–H and O–H groups in total. The molecule has 0 aromatic heterocycles. The Balaban J connectivity index is 1.95. The molecule has 0 saturated carbocycles. The molecule has 3 aromatic carbocycles. The summed E-state index contributed by atoms with van der Waals surface area (Å²) in [6, 6.07) is 15.9. The molecule has 35 heavy (non-hydrogen) atoms. The second-order valence-electron chi connectivity index (χ2n) is 8.31. The molecule has 7 heteroatoms. The lowest BCUT2D eigenvalue weighted by molar-refractivity contribution is -0.132. The molecule has 1 heterocycles. The summed E-state index contributed by atoms with van der Waals surface area (Å²) in [5, 5.41) is 21.9. The number of aliphatic hydroxyl groups excluding tert-OH is 1. The summed E-state index contributed by atoms with van der Waals surface area (Å²) in [4.78, 5) is 28.0. The molecule has 6 nitrogen and oxygen atoms in total. The summed E-state index contributed by atoms with van der Waals surface area (Å²) >= 11 is 6.34. The molecule has 0 radical (unpaired) electrons. The fourth-order valence-electron chi connectivity index (χ4n) is 4.17. The Hall–Kier alpha value is -3.77. The Morgan fingerprint density at radius 2 is 1.74 bits per heavy atom. The van der Waals surface area contributed by atoms with Crippen molar-refractivity contribution in [1.29, 1.82) is 0 Å². The van der Waals surface area contributed by atoms with Crippen LogP contribution in [0.5, 0.6) is 11.5 Å². The lowest BCUT2D eigenvalue weighted by Gasteiger charge is -2.26. The van der Waals surface area contributed by atoms with E-state index < -0.39 is 17.7 Å². The predicted octanol–water partition coefficient (Wildman–Crippen LogP) is 5.94. The van der Waals surface area contributed by atoms with E-state index in [-0.39, 0.29) is 22.8 Å². The highest BCUT2D eigenvalue weighted by Crippen LogP contribution is 2.44. The van der Waals surface area contributed by atoms with Gasteiger partial charge in [-0.15, -0.1) is 0 Å². The molecule has 0 bridgehead atoms. The molecular weight excluding hydrogens is 466 g/mol. The summed E-state index contributed by atoms with van der Waals surface area (Å²) in [5.41, 5.74) is 3.18. The van der Waals surface area contributed by atoms with Crippen LogP contribution >= 0.6 is 11.6 Å². The number of ether oxygens (including phenoxy) is 1. The van der Waals surface area contributed by atoms with Gasteiger partial charge in [-0.25, -0.2) is 0 Å². The standard InChI is InChI=1S/C28H26ClNO5/c1-4-17-7-9-18(10-8-17)26(32)24-25(19-11-13-22(31)23(14-19)35-5-2)30(28(34)27(24)33)20-12-6-16(3)21(29)15-20/h6-15,25,31-32H,4-5H2,1-3H3/b26-24+. The summed E-state index contributed by atoms with van der Waals surface area (Å²) < 4.78 is 5.53. The summed E-state index contributed by atoms with van der Waals surface area (Å²) in [6.07, 6.45) is 0.827. The molecule has 1 aliphatic heterocycles. The van der Waals surface area contributed by atoms with Gasteiger partial charge in [0.2, 0.25) is 0 Å². The smallest absolute Gasteiger partial charge is 0.300 e. The number of aryl methyl sites for hydroxylation is 2. The van der Waals surface area contributed by atoms with Crippen LogP contribution in [0.4, 0.5) is 5.69 Å². The number of aliphatic hydroxyl groups is 1. The molecule has 1 saturated heterocycles. The normalized spacial score (nSPS) is 17.1. The lowest BCUT2D eigenvalue weighted by atomic mass is 9.94. The number of Topliss-reactive ketones (excluding diaryl/α,β-unsaturated/α-hetero) is 1. The fourth-order valence-corrected chi connectivity index (χ4v) is 4.35. The third-order valence-corrected chi connectivity index (χ3v) is 6.52. The number of anilines is 1. The topological polar surface area (TPSA) is 87.1 Å². The van der Waals surface area contributed by atoms with E-state index in [9.17, 15) is 19.8 Å². The number of aromatic hydroxyl groups is 1. The maximum atomic E-state index is 13.3. The number of phenolic OH excluding ortho intramolecular Hbond substituents is 1. The van der Waals surface area contributed by atoms with Gasteiger partial charge < -0.3 is 14.9 Å². The van der Waals surface area contributed by atoms with Crippen molar-refractivity contribution in [2.45, 2.75) is 33.2 Å². The number of amides is 1. The van der Waals surface area contributed by atoms with E-state index in [1.54, 1.807) is 49.4 Å². The Bertz CT molecular complexity index is 1330. The van der Waals surface area contributed by atoms with Gasteiger partial charge in [0.05, 0.1) is 18.2 Å². The van der Waals surface area contributed by atoms with E-state index in [1.165, 1.54) is 11.0 Å². The number of rotatable bonds is 6. The minimum Gasteiger partial charge on any atom is -0.507 e. The number of hydrogen-bond donors (Lipinski definition) is 2. The van der Waals surface area contributed by atoms with Crippen LogP contribution in [0.25, 0.3) is 5.76 Å². The number of ketones is 1. The number of halogens is 1. The van der Waals surface area contributed by atoms with Crippen LogP contribution < -0.4 is 9.64 Å². The zero-order valence-corrected chi connectivity index (χ0v) is 20.5. The van der Waals surface area contributed by atoms with Gasteiger partial charge >= 0.3 is 0 Å². The van der Waals surface area contributed by atoms with E-state index in [2.05, 4.69) is 0 Å². The van der Waals surface area contributed by atoms with E-state index in [1.807, 2.05) is 26.0 Å². The van der Waals surface area contributed by atoms with Gasteiger partial charge in [0.25, 0.3) is 11.7 Å². The molecule has 1 unspecified atom stereocenters. The van der Waals surface area contributed by atoms with Gasteiger partial charge in [0, 0.05) is 16.3 Å². The Kier molecular flexibility index (Phi) is 6.85. The number of carbonyl (C=O) groups excluding carboxylic acids is 2. The van der Waals surface area contributed by atoms with Crippen LogP contribution in [0.3, 0.4) is 0 Å². The summed E-state index contributed by atoms with van der Waals surface area (Å²) in [6.45, 7) is 5.96. The fraction of sp³-hybridized carbons (Fsp3) is 0.214. The molecule has 1 atom stereocenters. The molecule has 0 spiro atoms. The number of carbonyl (C=O) groups is 2. The van der Waals surface area contributed by atoms with Crippen LogP contribution in [0, 0.1) is 6.92 Å². The quantitative estimate of drug-likeness (QED) is 0.253. The third kappa shape index (κ3) is 4.49. The number of hydrogen-bond acceptors (Lipinski definition) is 5. The van der Waals surface area contributed by atoms with Crippen LogP contribution in [-0.4, -0.2) is 28.5 Å². The second kappa shape index (κ2) is 9.84. The van der Waals surface area contributed by atoms with Crippen molar-refractivity contribution < 1.29 is 24.5 Å². The average Bonchev–Trinajstić information content (AvgIpc) is 3.12. The van der Waals surface area contributed by atoms with Gasteiger partial charge in [-0.3, -0.25) is 14.5 Å². The molecule has 1 fully saturated rings. The molecule has 0 aliphatic carbocycles.